The van der Waals surface area contributed by atoms with Crippen molar-refractivity contribution in [3.05, 3.63) is 35.3 Å². The number of anilines is 1. The van der Waals surface area contributed by atoms with Crippen molar-refractivity contribution in [1.29, 1.82) is 0 Å². The van der Waals surface area contributed by atoms with Gasteiger partial charge < -0.3 is 15.0 Å². The largest absolute Gasteiger partial charge is 0.381 e. The molecule has 2 saturated heterocycles. The molecule has 6 nitrogen and oxygen atoms in total. The number of amides is 2. The molecule has 2 amide bonds. The minimum Gasteiger partial charge on any atom is -0.381 e. The van der Waals surface area contributed by atoms with Crippen molar-refractivity contribution in [3.63, 3.8) is 0 Å². The highest BCUT2D eigenvalue weighted by Gasteiger charge is 2.27. The van der Waals surface area contributed by atoms with Gasteiger partial charge in [-0.1, -0.05) is 12.1 Å². The number of urea groups is 1. The van der Waals surface area contributed by atoms with E-state index in [2.05, 4.69) is 15.2 Å². The number of piperazine rings is 1. The van der Waals surface area contributed by atoms with Crippen LogP contribution >= 0.6 is 11.3 Å². The summed E-state index contributed by atoms with van der Waals surface area (Å²) in [6.45, 7) is 7.14. The Morgan fingerprint density at radius 1 is 1.22 bits per heavy atom. The summed E-state index contributed by atoms with van der Waals surface area (Å²) >= 11 is 1.62. The summed E-state index contributed by atoms with van der Waals surface area (Å²) in [6, 6.07) is 8.51. The minimum absolute atomic E-state index is 0.0194. The van der Waals surface area contributed by atoms with Crippen molar-refractivity contribution < 1.29 is 9.53 Å². The Hall–Kier alpha value is -1.96. The highest BCUT2D eigenvalue weighted by Crippen LogP contribution is 2.26. The monoisotopic (exact) mass is 386 g/mol. The van der Waals surface area contributed by atoms with Gasteiger partial charge in [-0.25, -0.2) is 9.78 Å². The second-order valence-electron chi connectivity index (χ2n) is 7.17. The standard InChI is InChI=1S/C20H26N4O2S/c1-15-14-27-19(21-15)16-3-2-4-17(13-16)22-20(25)24-9-7-23(8-10-24)18-5-11-26-12-6-18/h2-4,13-14,18H,5-12H2,1H3,(H,22,25). The van der Waals surface area contributed by atoms with Gasteiger partial charge in [-0.3, -0.25) is 4.90 Å². The summed E-state index contributed by atoms with van der Waals surface area (Å²) in [4.78, 5) is 21.6. The Kier molecular flexibility index (Phi) is 5.71. The number of aryl methyl sites for hydroxylation is 1. The third kappa shape index (κ3) is 4.48. The van der Waals surface area contributed by atoms with Gasteiger partial charge in [-0.05, 0) is 31.9 Å². The molecule has 0 atom stereocenters. The SMILES string of the molecule is Cc1csc(-c2cccc(NC(=O)N3CCN(C4CCOCC4)CC3)c2)n1. The van der Waals surface area contributed by atoms with Crippen LogP contribution in [0, 0.1) is 6.92 Å². The van der Waals surface area contributed by atoms with Gasteiger partial charge in [-0.2, -0.15) is 0 Å². The van der Waals surface area contributed by atoms with Crippen LogP contribution in [0.25, 0.3) is 10.6 Å². The molecular weight excluding hydrogens is 360 g/mol. The molecule has 2 aromatic rings. The van der Waals surface area contributed by atoms with E-state index in [9.17, 15) is 4.79 Å². The number of thiazole rings is 1. The predicted molar refractivity (Wildman–Crippen MR) is 108 cm³/mol. The quantitative estimate of drug-likeness (QED) is 0.878. The number of nitrogens with zero attached hydrogens (tertiary/aromatic N) is 3. The van der Waals surface area contributed by atoms with Crippen LogP contribution in [0.3, 0.4) is 0 Å². The molecule has 0 aliphatic carbocycles. The van der Waals surface area contributed by atoms with Crippen LogP contribution in [-0.4, -0.2) is 66.2 Å². The Bertz CT molecular complexity index is 780. The lowest BCUT2D eigenvalue weighted by atomic mass is 10.1. The Labute approximate surface area is 164 Å². The van der Waals surface area contributed by atoms with E-state index >= 15 is 0 Å². The smallest absolute Gasteiger partial charge is 0.321 e. The van der Waals surface area contributed by atoms with E-state index in [4.69, 9.17) is 4.74 Å². The van der Waals surface area contributed by atoms with Crippen LogP contribution in [-0.2, 0) is 4.74 Å². The van der Waals surface area contributed by atoms with E-state index in [0.717, 1.165) is 74.2 Å². The Morgan fingerprint density at radius 3 is 2.70 bits per heavy atom. The summed E-state index contributed by atoms with van der Waals surface area (Å²) in [5.41, 5.74) is 2.87. The van der Waals surface area contributed by atoms with Crippen molar-refractivity contribution >= 4 is 23.1 Å². The number of rotatable bonds is 3. The molecule has 4 rings (SSSR count). The summed E-state index contributed by atoms with van der Waals surface area (Å²) in [5, 5.41) is 6.07. The number of nitrogens with one attached hydrogen (secondary N) is 1. The van der Waals surface area contributed by atoms with Crippen LogP contribution < -0.4 is 5.32 Å². The lowest BCUT2D eigenvalue weighted by Crippen LogP contribution is -2.53. The maximum atomic E-state index is 12.7. The lowest BCUT2D eigenvalue weighted by Gasteiger charge is -2.40. The van der Waals surface area contributed by atoms with Crippen LogP contribution in [0.4, 0.5) is 10.5 Å². The van der Waals surface area contributed by atoms with Gasteiger partial charge in [0.25, 0.3) is 0 Å². The first-order chi connectivity index (χ1) is 13.2. The topological polar surface area (TPSA) is 57.7 Å². The first-order valence-corrected chi connectivity index (χ1v) is 10.5. The molecule has 144 valence electrons. The van der Waals surface area contributed by atoms with Gasteiger partial charge in [0.1, 0.15) is 5.01 Å². The zero-order valence-electron chi connectivity index (χ0n) is 15.7. The zero-order valence-corrected chi connectivity index (χ0v) is 16.5. The summed E-state index contributed by atoms with van der Waals surface area (Å²) in [7, 11) is 0. The van der Waals surface area contributed by atoms with Gasteiger partial charge >= 0.3 is 6.03 Å². The van der Waals surface area contributed by atoms with Crippen molar-refractivity contribution in [1.82, 2.24) is 14.8 Å². The van der Waals surface area contributed by atoms with Gasteiger partial charge in [-0.15, -0.1) is 11.3 Å². The molecule has 27 heavy (non-hydrogen) atoms. The maximum Gasteiger partial charge on any atom is 0.321 e. The van der Waals surface area contributed by atoms with Crippen LogP contribution in [0.15, 0.2) is 29.6 Å². The van der Waals surface area contributed by atoms with Crippen LogP contribution in [0.1, 0.15) is 18.5 Å². The van der Waals surface area contributed by atoms with Crippen molar-refractivity contribution in [2.45, 2.75) is 25.8 Å². The van der Waals surface area contributed by atoms with E-state index in [-0.39, 0.29) is 6.03 Å². The molecule has 0 bridgehead atoms. The van der Waals surface area contributed by atoms with Crippen LogP contribution in [0.2, 0.25) is 0 Å². The second kappa shape index (κ2) is 8.37. The third-order valence-electron chi connectivity index (χ3n) is 5.29. The molecule has 2 aliphatic rings. The molecule has 2 fully saturated rings. The Morgan fingerprint density at radius 2 is 2.00 bits per heavy atom. The van der Waals surface area contributed by atoms with Crippen molar-refractivity contribution in [2.75, 3.05) is 44.7 Å². The fourth-order valence-corrected chi connectivity index (χ4v) is 4.55. The van der Waals surface area contributed by atoms with E-state index in [1.165, 1.54) is 0 Å². The van der Waals surface area contributed by atoms with Gasteiger partial charge in [0.05, 0.1) is 0 Å². The van der Waals surface area contributed by atoms with Crippen LogP contribution in [0.5, 0.6) is 0 Å². The molecule has 0 spiro atoms. The predicted octanol–water partition coefficient (Wildman–Crippen LogP) is 3.45. The summed E-state index contributed by atoms with van der Waals surface area (Å²) in [6.07, 6.45) is 2.21. The second-order valence-corrected chi connectivity index (χ2v) is 8.03. The molecular formula is C20H26N4O2S. The summed E-state index contributed by atoms with van der Waals surface area (Å²) in [5.74, 6) is 0. The highest BCUT2D eigenvalue weighted by atomic mass is 32.1. The molecule has 0 radical (unpaired) electrons. The molecule has 3 heterocycles. The number of hydrogen-bond donors (Lipinski definition) is 1. The average molecular weight is 387 g/mol. The van der Waals surface area contributed by atoms with E-state index in [1.807, 2.05) is 41.5 Å². The molecule has 2 aliphatic heterocycles. The van der Waals surface area contributed by atoms with E-state index < -0.39 is 0 Å². The van der Waals surface area contributed by atoms with E-state index in [1.54, 1.807) is 11.3 Å². The van der Waals surface area contributed by atoms with Gasteiger partial charge in [0.15, 0.2) is 0 Å². The molecule has 1 aromatic carbocycles. The number of ether oxygens (including phenoxy) is 1. The number of benzene rings is 1. The van der Waals surface area contributed by atoms with Crippen molar-refractivity contribution in [2.24, 2.45) is 0 Å². The number of carbonyl (C=O) groups excluding carboxylic acids is 1. The average Bonchev–Trinajstić information content (AvgIpc) is 3.15. The van der Waals surface area contributed by atoms with E-state index in [0.29, 0.717) is 6.04 Å². The molecule has 1 N–H and O–H groups in total. The molecule has 1 aromatic heterocycles. The first kappa shape index (κ1) is 18.4. The number of hydrogen-bond acceptors (Lipinski definition) is 5. The first-order valence-electron chi connectivity index (χ1n) is 9.59. The number of aromatic nitrogens is 1. The van der Waals surface area contributed by atoms with Crippen molar-refractivity contribution in [3.8, 4) is 10.6 Å². The summed E-state index contributed by atoms with van der Waals surface area (Å²) < 4.78 is 5.45. The Balaban J connectivity index is 1.33. The molecule has 7 heteroatoms. The zero-order chi connectivity index (χ0) is 18.6. The third-order valence-corrected chi connectivity index (χ3v) is 6.30. The highest BCUT2D eigenvalue weighted by molar-refractivity contribution is 7.13. The van der Waals surface area contributed by atoms with Gasteiger partial charge in [0, 0.05) is 67.8 Å². The normalized spacial score (nSPS) is 19.2. The number of carbonyl (C=O) groups is 1. The van der Waals surface area contributed by atoms with Gasteiger partial charge in [0.2, 0.25) is 0 Å². The fourth-order valence-electron chi connectivity index (χ4n) is 3.76. The molecule has 0 saturated carbocycles. The fraction of sp³-hybridized carbons (Fsp3) is 0.500. The maximum absolute atomic E-state index is 12.7. The molecule has 0 unspecified atom stereocenters. The lowest BCUT2D eigenvalue weighted by molar-refractivity contribution is 0.0194. The minimum atomic E-state index is -0.0194.